The van der Waals surface area contributed by atoms with E-state index in [0.29, 0.717) is 12.5 Å². The number of hydrogen-bond donors (Lipinski definition) is 0. The van der Waals surface area contributed by atoms with Gasteiger partial charge in [-0.2, -0.15) is 0 Å². The molecule has 0 aromatic carbocycles. The van der Waals surface area contributed by atoms with Crippen LogP contribution < -0.4 is 4.74 Å². The van der Waals surface area contributed by atoms with Gasteiger partial charge >= 0.3 is 0 Å². The maximum atomic E-state index is 5.50. The van der Waals surface area contributed by atoms with Crippen molar-refractivity contribution in [1.29, 1.82) is 0 Å². The smallest absolute Gasteiger partial charge is 0.233 e. The van der Waals surface area contributed by atoms with Crippen LogP contribution in [0.4, 0.5) is 0 Å². The van der Waals surface area contributed by atoms with Crippen LogP contribution >= 0.6 is 0 Å². The maximum absolute atomic E-state index is 5.50. The van der Waals surface area contributed by atoms with Crippen LogP contribution in [0.3, 0.4) is 0 Å². The predicted octanol–water partition coefficient (Wildman–Crippen LogP) is 1.93. The molecule has 0 unspecified atom stereocenters. The zero-order valence-corrected chi connectivity index (χ0v) is 10.2. The van der Waals surface area contributed by atoms with Crippen molar-refractivity contribution in [1.82, 2.24) is 15.2 Å². The molecule has 19 heavy (non-hydrogen) atoms. The molecule has 2 aromatic heterocycles. The van der Waals surface area contributed by atoms with Crippen LogP contribution in [-0.4, -0.2) is 34.0 Å². The fraction of sp³-hybridized carbons (Fsp3) is 0.143. The second kappa shape index (κ2) is 5.39. The van der Waals surface area contributed by atoms with Crippen LogP contribution in [0.2, 0.25) is 0 Å². The van der Waals surface area contributed by atoms with Crippen molar-refractivity contribution in [2.75, 3.05) is 13.2 Å². The molecule has 1 aliphatic rings. The lowest BCUT2D eigenvalue weighted by atomic mass is 10.2. The first-order chi connectivity index (χ1) is 9.42. The number of pyridine rings is 1. The first-order valence-electron chi connectivity index (χ1n) is 5.99. The molecule has 0 radical (unpaired) electrons. The second-order valence-electron chi connectivity index (χ2n) is 3.99. The third-order valence-electron chi connectivity index (χ3n) is 2.65. The summed E-state index contributed by atoms with van der Waals surface area (Å²) in [5, 5.41) is 8.12. The van der Waals surface area contributed by atoms with E-state index in [1.807, 2.05) is 36.4 Å². The van der Waals surface area contributed by atoms with Crippen LogP contribution in [0.25, 0.3) is 11.4 Å². The minimum Gasteiger partial charge on any atom is -0.470 e. The van der Waals surface area contributed by atoms with Gasteiger partial charge in [-0.25, -0.2) is 0 Å². The molecule has 0 saturated heterocycles. The molecule has 0 spiro atoms. The lowest BCUT2D eigenvalue weighted by molar-refractivity contribution is 0.357. The number of aromatic nitrogens is 3. The first kappa shape index (κ1) is 11.5. The third-order valence-corrected chi connectivity index (χ3v) is 2.65. The van der Waals surface area contributed by atoms with E-state index in [1.54, 1.807) is 12.3 Å². The molecule has 0 atom stereocenters. The Balaban J connectivity index is 1.67. The molecule has 0 fully saturated rings. The lowest BCUT2D eigenvalue weighted by Gasteiger charge is -2.04. The SMILES string of the molecule is C1=CC(COc2ccc(-c3ccccn3)nn2)=NC1. The molecule has 94 valence electrons. The maximum Gasteiger partial charge on any atom is 0.233 e. The summed E-state index contributed by atoms with van der Waals surface area (Å²) in [6, 6.07) is 9.30. The fourth-order valence-electron chi connectivity index (χ4n) is 1.70. The summed E-state index contributed by atoms with van der Waals surface area (Å²) < 4.78 is 5.50. The Kier molecular flexibility index (Phi) is 3.27. The van der Waals surface area contributed by atoms with Gasteiger partial charge in [-0.3, -0.25) is 9.98 Å². The Morgan fingerprint density at radius 3 is 2.74 bits per heavy atom. The van der Waals surface area contributed by atoms with Gasteiger partial charge < -0.3 is 4.74 Å². The molecule has 0 bridgehead atoms. The van der Waals surface area contributed by atoms with Gasteiger partial charge in [0.05, 0.1) is 18.0 Å². The Labute approximate surface area is 110 Å². The molecule has 1 aliphatic heterocycles. The van der Waals surface area contributed by atoms with Gasteiger partial charge in [0, 0.05) is 12.3 Å². The average molecular weight is 252 g/mol. The quantitative estimate of drug-likeness (QED) is 0.834. The molecular weight excluding hydrogens is 240 g/mol. The van der Waals surface area contributed by atoms with Crippen LogP contribution in [0, 0.1) is 0 Å². The van der Waals surface area contributed by atoms with Crippen LogP contribution in [-0.2, 0) is 0 Å². The highest BCUT2D eigenvalue weighted by atomic mass is 16.5. The predicted molar refractivity (Wildman–Crippen MR) is 72.2 cm³/mol. The molecule has 0 saturated carbocycles. The van der Waals surface area contributed by atoms with E-state index >= 15 is 0 Å². The van der Waals surface area contributed by atoms with E-state index in [4.69, 9.17) is 4.74 Å². The third kappa shape index (κ3) is 2.82. The number of hydrogen-bond acceptors (Lipinski definition) is 5. The Bertz CT molecular complexity index is 605. The van der Waals surface area contributed by atoms with Gasteiger partial charge in [-0.1, -0.05) is 12.1 Å². The highest BCUT2D eigenvalue weighted by molar-refractivity contribution is 5.97. The van der Waals surface area contributed by atoms with Gasteiger partial charge in [-0.15, -0.1) is 10.2 Å². The molecule has 0 aliphatic carbocycles. The summed E-state index contributed by atoms with van der Waals surface area (Å²) in [7, 11) is 0. The standard InChI is InChI=1S/C14H12N4O/c1-2-8-16-12(5-1)13-6-7-14(18-17-13)19-10-11-4-3-9-15-11/h1-8H,9-10H2. The summed E-state index contributed by atoms with van der Waals surface area (Å²) in [5.74, 6) is 0.489. The van der Waals surface area contributed by atoms with E-state index in [9.17, 15) is 0 Å². The van der Waals surface area contributed by atoms with E-state index in [-0.39, 0.29) is 0 Å². The fourth-order valence-corrected chi connectivity index (χ4v) is 1.70. The summed E-state index contributed by atoms with van der Waals surface area (Å²) in [5.41, 5.74) is 2.45. The van der Waals surface area contributed by atoms with Gasteiger partial charge in [-0.05, 0) is 24.3 Å². The Hall–Kier alpha value is -2.56. The number of ether oxygens (including phenoxy) is 1. The number of nitrogens with zero attached hydrogens (tertiary/aromatic N) is 4. The number of rotatable bonds is 4. The van der Waals surface area contributed by atoms with Gasteiger partial charge in [0.15, 0.2) is 0 Å². The monoisotopic (exact) mass is 252 g/mol. The van der Waals surface area contributed by atoms with Crippen LogP contribution in [0.1, 0.15) is 0 Å². The van der Waals surface area contributed by atoms with Crippen molar-refractivity contribution < 1.29 is 4.74 Å². The summed E-state index contributed by atoms with van der Waals surface area (Å²) in [4.78, 5) is 8.45. The normalized spacial score (nSPS) is 13.4. The van der Waals surface area contributed by atoms with Crippen molar-refractivity contribution in [2.24, 2.45) is 4.99 Å². The van der Waals surface area contributed by atoms with Crippen molar-refractivity contribution in [3.05, 3.63) is 48.7 Å². The van der Waals surface area contributed by atoms with Crippen LogP contribution in [0.5, 0.6) is 5.88 Å². The van der Waals surface area contributed by atoms with Crippen molar-refractivity contribution in [2.45, 2.75) is 0 Å². The second-order valence-corrected chi connectivity index (χ2v) is 3.99. The zero-order chi connectivity index (χ0) is 12.9. The van der Waals surface area contributed by atoms with E-state index < -0.39 is 0 Å². The highest BCUT2D eigenvalue weighted by Crippen LogP contribution is 2.14. The van der Waals surface area contributed by atoms with Gasteiger partial charge in [0.1, 0.15) is 12.3 Å². The highest BCUT2D eigenvalue weighted by Gasteiger charge is 2.04. The average Bonchev–Trinajstić information content (AvgIpc) is 3.00. The Morgan fingerprint density at radius 1 is 1.05 bits per heavy atom. The van der Waals surface area contributed by atoms with Crippen molar-refractivity contribution in [3.8, 4) is 17.3 Å². The van der Waals surface area contributed by atoms with Crippen molar-refractivity contribution in [3.63, 3.8) is 0 Å². The van der Waals surface area contributed by atoms with Crippen LogP contribution in [0.15, 0.2) is 53.7 Å². The first-order valence-corrected chi connectivity index (χ1v) is 5.99. The molecule has 3 rings (SSSR count). The summed E-state index contributed by atoms with van der Waals surface area (Å²) in [6.07, 6.45) is 5.68. The summed E-state index contributed by atoms with van der Waals surface area (Å²) in [6.45, 7) is 1.16. The molecule has 2 aromatic rings. The molecule has 5 heteroatoms. The van der Waals surface area contributed by atoms with E-state index in [1.165, 1.54) is 0 Å². The molecule has 0 N–H and O–H groups in total. The Morgan fingerprint density at radius 2 is 2.05 bits per heavy atom. The minimum absolute atomic E-state index is 0.425. The molecule has 5 nitrogen and oxygen atoms in total. The summed E-state index contributed by atoms with van der Waals surface area (Å²) >= 11 is 0. The molecular formula is C14H12N4O. The van der Waals surface area contributed by atoms with E-state index in [2.05, 4.69) is 20.2 Å². The van der Waals surface area contributed by atoms with Crippen molar-refractivity contribution >= 4 is 5.71 Å². The lowest BCUT2D eigenvalue weighted by Crippen LogP contribution is -2.08. The topological polar surface area (TPSA) is 60.3 Å². The van der Waals surface area contributed by atoms with Gasteiger partial charge in [0.25, 0.3) is 0 Å². The molecule has 3 heterocycles. The molecule has 0 amide bonds. The van der Waals surface area contributed by atoms with E-state index in [0.717, 1.165) is 23.6 Å². The van der Waals surface area contributed by atoms with Gasteiger partial charge in [0.2, 0.25) is 5.88 Å². The zero-order valence-electron chi connectivity index (χ0n) is 10.2. The largest absolute Gasteiger partial charge is 0.470 e. The number of aliphatic imine (C=N–C) groups is 1. The minimum atomic E-state index is 0.425.